The lowest BCUT2D eigenvalue weighted by molar-refractivity contribution is -0.128. The number of hydrogen-bond donors (Lipinski definition) is 2. The van der Waals surface area contributed by atoms with Gasteiger partial charge < -0.3 is 29.5 Å². The minimum Gasteiger partial charge on any atom is -0.497 e. The molecule has 2 heterocycles. The first-order valence-corrected chi connectivity index (χ1v) is 16.8. The van der Waals surface area contributed by atoms with E-state index in [1.165, 1.54) is 10.8 Å². The van der Waals surface area contributed by atoms with Gasteiger partial charge in [-0.25, -0.2) is 0 Å². The van der Waals surface area contributed by atoms with Crippen LogP contribution in [-0.2, 0) is 23.0 Å². The van der Waals surface area contributed by atoms with Gasteiger partial charge in [-0.2, -0.15) is 0 Å². The van der Waals surface area contributed by atoms with Crippen LogP contribution < -0.4 is 20.3 Å². The van der Waals surface area contributed by atoms with Gasteiger partial charge in [-0.1, -0.05) is 32.5 Å². The van der Waals surface area contributed by atoms with Crippen LogP contribution in [0.4, 0.5) is 5.69 Å². The third kappa shape index (κ3) is 5.99. The zero-order chi connectivity index (χ0) is 26.7. The molecule has 1 fully saturated rings. The van der Waals surface area contributed by atoms with E-state index in [9.17, 15) is 9.59 Å². The molecule has 9 heteroatoms. The van der Waals surface area contributed by atoms with Crippen LogP contribution in [0.3, 0.4) is 0 Å². The van der Waals surface area contributed by atoms with Crippen molar-refractivity contribution in [2.75, 3.05) is 25.8 Å². The van der Waals surface area contributed by atoms with E-state index in [0.29, 0.717) is 40.5 Å². The third-order valence-corrected chi connectivity index (χ3v) is 9.03. The van der Waals surface area contributed by atoms with Crippen molar-refractivity contribution in [3.63, 3.8) is 0 Å². The number of ketones is 1. The number of fused-ring (bicyclic) bond motifs is 1. The Morgan fingerprint density at radius 1 is 1.19 bits per heavy atom. The number of rotatable bonds is 10. The van der Waals surface area contributed by atoms with E-state index in [4.69, 9.17) is 19.6 Å². The largest absolute Gasteiger partial charge is 0.497 e. The zero-order valence-electron chi connectivity index (χ0n) is 22.6. The molecule has 1 saturated carbocycles. The molecule has 2 aromatic rings. The van der Waals surface area contributed by atoms with Crippen LogP contribution in [-0.4, -0.2) is 51.2 Å². The molecule has 1 aliphatic carbocycles. The van der Waals surface area contributed by atoms with Crippen molar-refractivity contribution in [3.05, 3.63) is 39.8 Å². The number of nitrogens with one attached hydrogen (secondary N) is 2. The molecule has 37 heavy (non-hydrogen) atoms. The summed E-state index contributed by atoms with van der Waals surface area (Å²) in [4.78, 5) is 26.1. The van der Waals surface area contributed by atoms with Gasteiger partial charge in [0, 0.05) is 68.7 Å². The van der Waals surface area contributed by atoms with Crippen molar-refractivity contribution in [3.8, 4) is 22.6 Å². The number of pyridine rings is 1. The van der Waals surface area contributed by atoms with E-state index in [0.717, 1.165) is 37.3 Å². The molecule has 1 aromatic carbocycles. The van der Waals surface area contributed by atoms with Gasteiger partial charge in [0.05, 0.1) is 7.11 Å². The summed E-state index contributed by atoms with van der Waals surface area (Å²) in [5.41, 5.74) is 2.65. The number of hydrogen-bond acceptors (Lipinski definition) is 7. The lowest BCUT2D eigenvalue weighted by atomic mass is 9.88. The molecule has 1 aromatic heterocycles. The molecule has 8 nitrogen and oxygen atoms in total. The van der Waals surface area contributed by atoms with Crippen molar-refractivity contribution in [1.82, 2.24) is 4.57 Å². The second-order valence-electron chi connectivity index (χ2n) is 11.3. The zero-order valence-corrected chi connectivity index (χ0v) is 23.6. The van der Waals surface area contributed by atoms with E-state index in [2.05, 4.69) is 25.0 Å². The van der Waals surface area contributed by atoms with Crippen molar-refractivity contribution in [2.45, 2.75) is 63.9 Å². The van der Waals surface area contributed by atoms with Crippen LogP contribution in [0.25, 0.3) is 11.1 Å². The average Bonchev–Trinajstić information content (AvgIpc) is 3.39. The molecule has 0 amide bonds. The highest BCUT2D eigenvalue weighted by Crippen LogP contribution is 2.44. The Bertz CT molecular complexity index is 1230. The average molecular weight is 526 g/mol. The molecule has 0 radical (unpaired) electrons. The van der Waals surface area contributed by atoms with Gasteiger partial charge in [0.15, 0.2) is 11.9 Å². The molecule has 0 spiro atoms. The van der Waals surface area contributed by atoms with Crippen LogP contribution in [0.1, 0.15) is 36.8 Å². The smallest absolute Gasteiger partial charge is 0.274 e. The summed E-state index contributed by atoms with van der Waals surface area (Å²) in [7, 11) is 2.05. The van der Waals surface area contributed by atoms with Gasteiger partial charge in [0.2, 0.25) is 0 Å². The van der Waals surface area contributed by atoms with Gasteiger partial charge in [-0.3, -0.25) is 9.59 Å². The van der Waals surface area contributed by atoms with Crippen LogP contribution in [0, 0.1) is 11.3 Å². The molecule has 2 aliphatic rings. The number of methoxy groups -OCH3 is 1. The first kappa shape index (κ1) is 27.1. The summed E-state index contributed by atoms with van der Waals surface area (Å²) >= 11 is 0. The van der Waals surface area contributed by atoms with Crippen molar-refractivity contribution in [2.24, 2.45) is 13.0 Å². The molecule has 2 N–H and O–H groups in total. The van der Waals surface area contributed by atoms with Crippen LogP contribution in [0.15, 0.2) is 23.1 Å². The number of nitrogens with zero attached hydrogens (tertiary/aromatic N) is 1. The number of aromatic nitrogens is 1. The maximum Gasteiger partial charge on any atom is 0.274 e. The Balaban J connectivity index is 1.73. The first-order chi connectivity index (χ1) is 17.6. The van der Waals surface area contributed by atoms with E-state index in [1.54, 1.807) is 20.4 Å². The molecule has 1 aliphatic heterocycles. The number of ether oxygens (including phenoxy) is 3. The second-order valence-corrected chi connectivity index (χ2v) is 16.9. The summed E-state index contributed by atoms with van der Waals surface area (Å²) in [5.74, 6) is 1.56. The van der Waals surface area contributed by atoms with E-state index < -0.39 is 14.2 Å². The number of benzene rings is 1. The number of Topliss-reactive ketones (excluding diaryl/α,β-unsaturated/α-hetero) is 1. The standard InChI is InChI=1S/C28H39N3O5Si/c1-31-16-23(22(15-29)25(28(31)33)30-17-35-10-11-37(3,4)5)21-14-20(34-2)12-19-13-24(32)27(36-26(19)21)18-8-6-7-9-18/h12,14-16,18,27,29-30H,6-11,13,17H2,1-5H3. The monoisotopic (exact) mass is 525 g/mol. The summed E-state index contributed by atoms with van der Waals surface area (Å²) in [6.07, 6.45) is 6.96. The predicted octanol–water partition coefficient (Wildman–Crippen LogP) is 4.85. The molecule has 1 atom stereocenters. The highest BCUT2D eigenvalue weighted by atomic mass is 28.3. The number of anilines is 1. The topological polar surface area (TPSA) is 103 Å². The van der Waals surface area contributed by atoms with Crippen LogP contribution >= 0.6 is 0 Å². The molecule has 200 valence electrons. The minimum absolute atomic E-state index is 0.101. The number of aryl methyl sites for hydroxylation is 1. The second kappa shape index (κ2) is 11.2. The van der Waals surface area contributed by atoms with Gasteiger partial charge >= 0.3 is 0 Å². The van der Waals surface area contributed by atoms with Gasteiger partial charge in [0.25, 0.3) is 5.56 Å². The van der Waals surface area contributed by atoms with E-state index in [-0.39, 0.29) is 30.4 Å². The fourth-order valence-electron chi connectivity index (χ4n) is 5.21. The van der Waals surface area contributed by atoms with Crippen molar-refractivity contribution in [1.29, 1.82) is 5.41 Å². The third-order valence-electron chi connectivity index (χ3n) is 7.33. The summed E-state index contributed by atoms with van der Waals surface area (Å²) in [6, 6.07) is 4.74. The van der Waals surface area contributed by atoms with Crippen molar-refractivity contribution < 1.29 is 19.0 Å². The van der Waals surface area contributed by atoms with Gasteiger partial charge in [-0.15, -0.1) is 0 Å². The molecular formula is C28H39N3O5Si. The maximum atomic E-state index is 13.1. The lowest BCUT2D eigenvalue weighted by Gasteiger charge is -2.31. The summed E-state index contributed by atoms with van der Waals surface area (Å²) in [5, 5.41) is 11.3. The quantitative estimate of drug-likeness (QED) is 0.199. The minimum atomic E-state index is -1.23. The molecule has 1 unspecified atom stereocenters. The van der Waals surface area contributed by atoms with Gasteiger partial charge in [0.1, 0.15) is 23.9 Å². The number of carbonyl (C=O) groups excluding carboxylic acids is 1. The highest BCUT2D eigenvalue weighted by molar-refractivity contribution is 6.76. The van der Waals surface area contributed by atoms with Crippen LogP contribution in [0.5, 0.6) is 11.5 Å². The SMILES string of the molecule is COc1cc2c(c(-c3cn(C)c(=O)c(NCOCC[Si](C)(C)C)c3C=N)c1)OC(C1CCCC1)C(=O)C2. The highest BCUT2D eigenvalue weighted by Gasteiger charge is 2.37. The molecular weight excluding hydrogens is 486 g/mol. The normalized spacial score (nSPS) is 17.9. The Hall–Kier alpha value is -2.91. The lowest BCUT2D eigenvalue weighted by Crippen LogP contribution is -2.38. The Morgan fingerprint density at radius 3 is 2.57 bits per heavy atom. The van der Waals surface area contributed by atoms with E-state index in [1.807, 2.05) is 12.1 Å². The Labute approximate surface area is 219 Å². The Kier molecular flexibility index (Phi) is 8.23. The van der Waals surface area contributed by atoms with Gasteiger partial charge in [-0.05, 0) is 31.0 Å². The predicted molar refractivity (Wildman–Crippen MR) is 149 cm³/mol. The first-order valence-electron chi connectivity index (χ1n) is 13.1. The fraction of sp³-hybridized carbons (Fsp3) is 0.536. The van der Waals surface area contributed by atoms with E-state index >= 15 is 0 Å². The summed E-state index contributed by atoms with van der Waals surface area (Å²) in [6.45, 7) is 7.67. The molecule has 0 saturated heterocycles. The summed E-state index contributed by atoms with van der Waals surface area (Å²) < 4.78 is 19.3. The fourth-order valence-corrected chi connectivity index (χ4v) is 5.96. The van der Waals surface area contributed by atoms with Crippen molar-refractivity contribution >= 4 is 25.8 Å². The van der Waals surface area contributed by atoms with Crippen LogP contribution in [0.2, 0.25) is 25.7 Å². The molecule has 4 rings (SSSR count). The maximum absolute atomic E-state index is 13.1. The molecule has 0 bridgehead atoms. The Morgan fingerprint density at radius 2 is 1.92 bits per heavy atom. The number of carbonyl (C=O) groups is 1.